The highest BCUT2D eigenvalue weighted by atomic mass is 32.2. The number of sulfonamides is 1. The molecule has 1 aliphatic heterocycles. The van der Waals surface area contributed by atoms with Crippen molar-refractivity contribution < 1.29 is 22.0 Å². The molecule has 1 aliphatic rings. The molecule has 0 saturated carbocycles. The van der Waals surface area contributed by atoms with Crippen molar-refractivity contribution in [2.24, 2.45) is 5.14 Å². The van der Waals surface area contributed by atoms with Gasteiger partial charge in [0.05, 0.1) is 17.6 Å². The molecule has 1 amide bonds. The Hall–Kier alpha value is -3.62. The number of anilines is 1. The van der Waals surface area contributed by atoms with Gasteiger partial charge in [-0.05, 0) is 29.8 Å². The van der Waals surface area contributed by atoms with Crippen molar-refractivity contribution in [3.63, 3.8) is 0 Å². The molecule has 160 valence electrons. The van der Waals surface area contributed by atoms with Gasteiger partial charge in [-0.15, -0.1) is 0 Å². The van der Waals surface area contributed by atoms with Crippen molar-refractivity contribution in [1.29, 1.82) is 5.26 Å². The number of aromatic nitrogens is 1. The van der Waals surface area contributed by atoms with Crippen LogP contribution in [-0.4, -0.2) is 50.4 Å². The van der Waals surface area contributed by atoms with Gasteiger partial charge in [0, 0.05) is 26.2 Å². The number of hydrogen-bond donors (Lipinski definition) is 1. The van der Waals surface area contributed by atoms with Gasteiger partial charge >= 0.3 is 0 Å². The second kappa shape index (κ2) is 8.25. The zero-order chi connectivity index (χ0) is 22.0. The lowest BCUT2D eigenvalue weighted by atomic mass is 10.1. The van der Waals surface area contributed by atoms with Crippen LogP contribution >= 0.6 is 0 Å². The van der Waals surface area contributed by atoms with Crippen LogP contribution in [0.4, 0.5) is 5.88 Å². The lowest BCUT2D eigenvalue weighted by molar-refractivity contribution is -0.130. The van der Waals surface area contributed by atoms with Crippen molar-refractivity contribution in [3.8, 4) is 17.7 Å². The summed E-state index contributed by atoms with van der Waals surface area (Å²) in [6.07, 6.45) is 1.65. The minimum Gasteiger partial charge on any atom is -0.459 e. The van der Waals surface area contributed by atoms with E-state index in [0.29, 0.717) is 43.4 Å². The Balaban J connectivity index is 1.39. The molecular weight excluding hydrogens is 422 g/mol. The van der Waals surface area contributed by atoms with Crippen LogP contribution in [-0.2, 0) is 21.2 Å². The van der Waals surface area contributed by atoms with Gasteiger partial charge in [-0.25, -0.2) is 13.6 Å². The molecule has 0 radical (unpaired) electrons. The van der Waals surface area contributed by atoms with Crippen LogP contribution in [0, 0.1) is 11.3 Å². The zero-order valence-corrected chi connectivity index (χ0v) is 17.2. The summed E-state index contributed by atoms with van der Waals surface area (Å²) in [4.78, 5) is 20.4. The molecule has 2 aromatic heterocycles. The molecule has 0 atom stereocenters. The summed E-state index contributed by atoms with van der Waals surface area (Å²) >= 11 is 0. The molecule has 1 fully saturated rings. The summed E-state index contributed by atoms with van der Waals surface area (Å²) in [6, 6.07) is 11.4. The van der Waals surface area contributed by atoms with E-state index in [0.717, 1.165) is 0 Å². The normalized spacial score (nSPS) is 14.5. The zero-order valence-electron chi connectivity index (χ0n) is 16.4. The van der Waals surface area contributed by atoms with Crippen molar-refractivity contribution in [3.05, 3.63) is 53.9 Å². The maximum Gasteiger partial charge on any atom is 0.266 e. The molecule has 10 nitrogen and oxygen atoms in total. The predicted molar refractivity (Wildman–Crippen MR) is 109 cm³/mol. The monoisotopic (exact) mass is 441 g/mol. The maximum absolute atomic E-state index is 12.6. The molecule has 0 aliphatic carbocycles. The van der Waals surface area contributed by atoms with E-state index in [1.165, 1.54) is 18.4 Å². The van der Waals surface area contributed by atoms with Gasteiger partial charge in [0.1, 0.15) is 6.07 Å². The lowest BCUT2D eigenvalue weighted by Crippen LogP contribution is -2.49. The summed E-state index contributed by atoms with van der Waals surface area (Å²) in [6.45, 7) is 1.88. The number of rotatable bonds is 5. The van der Waals surface area contributed by atoms with E-state index >= 15 is 0 Å². The van der Waals surface area contributed by atoms with Gasteiger partial charge in [0.2, 0.25) is 27.5 Å². The average Bonchev–Trinajstić information content (AvgIpc) is 3.43. The highest BCUT2D eigenvalue weighted by Crippen LogP contribution is 2.29. The summed E-state index contributed by atoms with van der Waals surface area (Å²) in [5, 5.41) is 14.5. The third-order valence-electron chi connectivity index (χ3n) is 4.97. The largest absolute Gasteiger partial charge is 0.459 e. The number of primary sulfonamides is 1. The molecule has 3 aromatic rings. The third-order valence-corrected chi connectivity index (χ3v) is 5.90. The van der Waals surface area contributed by atoms with Gasteiger partial charge in [-0.3, -0.25) is 4.79 Å². The first kappa shape index (κ1) is 20.6. The topological polar surface area (TPSA) is 147 Å². The Labute approximate surface area is 178 Å². The number of hydrogen-bond acceptors (Lipinski definition) is 8. The van der Waals surface area contributed by atoms with Crippen LogP contribution in [0.15, 0.2) is 56.4 Å². The van der Waals surface area contributed by atoms with E-state index in [-0.39, 0.29) is 28.8 Å². The van der Waals surface area contributed by atoms with E-state index in [9.17, 15) is 18.5 Å². The van der Waals surface area contributed by atoms with Gasteiger partial charge in [-0.2, -0.15) is 10.2 Å². The molecule has 0 bridgehead atoms. The Morgan fingerprint density at radius 2 is 1.87 bits per heavy atom. The van der Waals surface area contributed by atoms with Crippen LogP contribution in [0.25, 0.3) is 11.7 Å². The van der Waals surface area contributed by atoms with E-state index < -0.39 is 10.0 Å². The molecule has 31 heavy (non-hydrogen) atoms. The van der Waals surface area contributed by atoms with E-state index in [4.69, 9.17) is 14.0 Å². The Morgan fingerprint density at radius 3 is 2.45 bits per heavy atom. The number of nitriles is 1. The number of furan rings is 1. The van der Waals surface area contributed by atoms with E-state index in [1.54, 1.807) is 29.2 Å². The number of nitrogens with two attached hydrogens (primary N) is 1. The number of carbonyl (C=O) groups excluding carboxylic acids is 1. The van der Waals surface area contributed by atoms with Crippen LogP contribution < -0.4 is 10.0 Å². The number of carbonyl (C=O) groups is 1. The number of benzene rings is 1. The fourth-order valence-corrected chi connectivity index (χ4v) is 3.86. The van der Waals surface area contributed by atoms with Crippen LogP contribution in [0.5, 0.6) is 0 Å². The first-order valence-corrected chi connectivity index (χ1v) is 11.0. The highest BCUT2D eigenvalue weighted by molar-refractivity contribution is 7.89. The smallest absolute Gasteiger partial charge is 0.266 e. The maximum atomic E-state index is 12.6. The van der Waals surface area contributed by atoms with Gasteiger partial charge in [-0.1, -0.05) is 12.1 Å². The molecule has 0 unspecified atom stereocenters. The van der Waals surface area contributed by atoms with Crippen molar-refractivity contribution in [2.75, 3.05) is 31.1 Å². The number of piperazine rings is 1. The van der Waals surface area contributed by atoms with Crippen molar-refractivity contribution >= 4 is 21.8 Å². The minimum atomic E-state index is -3.76. The standard InChI is InChI=1S/C20H19N5O5S/c21-13-16-20(30-19(23-16)17-2-1-11-29-17)25-9-7-24(8-10-25)18(26)12-14-3-5-15(6-4-14)31(22,27)28/h1-6,11H,7-10,12H2,(H2,22,27,28). The van der Waals surface area contributed by atoms with Crippen molar-refractivity contribution in [1.82, 2.24) is 9.88 Å². The second-order valence-electron chi connectivity index (χ2n) is 7.00. The Kier molecular flexibility index (Phi) is 5.50. The van der Waals surface area contributed by atoms with Gasteiger partial charge in [0.15, 0.2) is 5.76 Å². The molecule has 11 heteroatoms. The third kappa shape index (κ3) is 4.45. The predicted octanol–water partition coefficient (Wildman–Crippen LogP) is 1.34. The van der Waals surface area contributed by atoms with Crippen LogP contribution in [0.1, 0.15) is 11.3 Å². The molecule has 2 N–H and O–H groups in total. The SMILES string of the molecule is N#Cc1nc(-c2ccco2)oc1N1CCN(C(=O)Cc2ccc(S(N)(=O)=O)cc2)CC1. The molecule has 3 heterocycles. The summed E-state index contributed by atoms with van der Waals surface area (Å²) < 4.78 is 33.7. The van der Waals surface area contributed by atoms with Gasteiger partial charge in [0.25, 0.3) is 5.89 Å². The summed E-state index contributed by atoms with van der Waals surface area (Å²) in [7, 11) is -3.76. The fraction of sp³-hybridized carbons (Fsp3) is 0.250. The molecular formula is C20H19N5O5S. The lowest BCUT2D eigenvalue weighted by Gasteiger charge is -2.34. The Bertz CT molecular complexity index is 1220. The van der Waals surface area contributed by atoms with Gasteiger partial charge < -0.3 is 18.6 Å². The average molecular weight is 441 g/mol. The molecule has 0 spiro atoms. The number of amides is 1. The van der Waals surface area contributed by atoms with Crippen LogP contribution in [0.2, 0.25) is 0 Å². The number of nitrogens with zero attached hydrogens (tertiary/aromatic N) is 4. The van der Waals surface area contributed by atoms with E-state index in [2.05, 4.69) is 4.98 Å². The van der Waals surface area contributed by atoms with Crippen molar-refractivity contribution in [2.45, 2.75) is 11.3 Å². The summed E-state index contributed by atoms with van der Waals surface area (Å²) in [5.41, 5.74) is 0.867. The number of oxazole rings is 1. The second-order valence-corrected chi connectivity index (χ2v) is 8.56. The van der Waals surface area contributed by atoms with E-state index in [1.807, 2.05) is 11.0 Å². The molecule has 1 saturated heterocycles. The Morgan fingerprint density at radius 1 is 1.16 bits per heavy atom. The molecule has 4 rings (SSSR count). The van der Waals surface area contributed by atoms with Crippen LogP contribution in [0.3, 0.4) is 0 Å². The highest BCUT2D eigenvalue weighted by Gasteiger charge is 2.27. The first-order valence-electron chi connectivity index (χ1n) is 9.44. The first-order chi connectivity index (χ1) is 14.8. The summed E-state index contributed by atoms with van der Waals surface area (Å²) in [5.74, 6) is 0.958. The fourth-order valence-electron chi connectivity index (χ4n) is 3.35. The minimum absolute atomic E-state index is 0.00610. The quantitative estimate of drug-likeness (QED) is 0.624. The molecule has 1 aromatic carbocycles.